The van der Waals surface area contributed by atoms with Crippen LogP contribution in [0.1, 0.15) is 33.6 Å². The van der Waals surface area contributed by atoms with Gasteiger partial charge in [-0.15, -0.1) is 0 Å². The molecule has 15 heavy (non-hydrogen) atoms. The van der Waals surface area contributed by atoms with Gasteiger partial charge in [0.25, 0.3) is 0 Å². The summed E-state index contributed by atoms with van der Waals surface area (Å²) in [6, 6.07) is 0. The van der Waals surface area contributed by atoms with E-state index in [1.807, 2.05) is 0 Å². The van der Waals surface area contributed by atoms with Crippen molar-refractivity contribution in [3.05, 3.63) is 0 Å². The number of halogens is 2. The van der Waals surface area contributed by atoms with Gasteiger partial charge in [0, 0.05) is 13.1 Å². The van der Waals surface area contributed by atoms with Crippen LogP contribution in [0.2, 0.25) is 0 Å². The number of hydrogen-bond donors (Lipinski definition) is 0. The third-order valence-electron chi connectivity index (χ3n) is 2.58. The summed E-state index contributed by atoms with van der Waals surface area (Å²) < 4.78 is 6.30. The van der Waals surface area contributed by atoms with Gasteiger partial charge in [0.05, 0.1) is 10.5 Å². The van der Waals surface area contributed by atoms with Crippen LogP contribution in [0.15, 0.2) is 0 Å². The van der Waals surface area contributed by atoms with Crippen molar-refractivity contribution in [2.24, 2.45) is 5.92 Å². The Morgan fingerprint density at radius 2 is 2.27 bits per heavy atom. The molecule has 1 heterocycles. The smallest absolute Gasteiger partial charge is 0.210 e. The van der Waals surface area contributed by atoms with E-state index >= 15 is 0 Å². The van der Waals surface area contributed by atoms with Gasteiger partial charge >= 0.3 is 0 Å². The molecule has 0 spiro atoms. The fourth-order valence-electron chi connectivity index (χ4n) is 1.80. The number of likely N-dealkylation sites (tertiary alicyclic amines) is 1. The Morgan fingerprint density at radius 1 is 1.60 bits per heavy atom. The molecule has 2 nitrogen and oxygen atoms in total. The van der Waals surface area contributed by atoms with Crippen LogP contribution in [0.5, 0.6) is 0 Å². The van der Waals surface area contributed by atoms with Crippen molar-refractivity contribution in [2.75, 3.05) is 19.7 Å². The Bertz CT molecular complexity index is 201. The molecule has 0 aromatic heterocycles. The molecule has 90 valence electrons. The molecule has 1 fully saturated rings. The summed E-state index contributed by atoms with van der Waals surface area (Å²) in [5.41, 5.74) is 0. The number of alkyl halides is 2. The van der Waals surface area contributed by atoms with Crippen LogP contribution in [0.4, 0.5) is 0 Å². The molecule has 0 aromatic carbocycles. The quantitative estimate of drug-likeness (QED) is 0.430. The van der Waals surface area contributed by atoms with Gasteiger partial charge in [0.1, 0.15) is 0 Å². The lowest BCUT2D eigenvalue weighted by molar-refractivity contribution is -0.0751. The van der Waals surface area contributed by atoms with Crippen molar-refractivity contribution in [3.63, 3.8) is 0 Å². The Kier molecular flexibility index (Phi) is 5.63. The van der Waals surface area contributed by atoms with Crippen molar-refractivity contribution in [1.29, 1.82) is 0 Å². The highest BCUT2D eigenvalue weighted by atomic mass is 127. The van der Waals surface area contributed by atoms with E-state index in [0.29, 0.717) is 9.84 Å². The molecule has 0 aromatic rings. The first-order valence-corrected chi connectivity index (χ1v) is 7.35. The molecular weight excluding hydrogens is 324 g/mol. The largest absolute Gasteiger partial charge is 0.346 e. The van der Waals surface area contributed by atoms with Gasteiger partial charge in [-0.25, -0.2) is 0 Å². The monoisotopic (exact) mass is 345 g/mol. The zero-order chi connectivity index (χ0) is 11.5. The lowest BCUT2D eigenvalue weighted by atomic mass is 10.2. The fraction of sp³-hybridized carbons (Fsp3) is 1.00. The Labute approximate surface area is 112 Å². The summed E-state index contributed by atoms with van der Waals surface area (Å²) in [5.74, 6) is 0.535. The van der Waals surface area contributed by atoms with Crippen LogP contribution in [-0.2, 0) is 4.74 Å². The van der Waals surface area contributed by atoms with E-state index < -0.39 is 5.18 Å². The predicted octanol–water partition coefficient (Wildman–Crippen LogP) is 3.47. The van der Waals surface area contributed by atoms with E-state index in [0.717, 1.165) is 32.5 Å². The van der Waals surface area contributed by atoms with Crippen LogP contribution in [0, 0.1) is 5.92 Å². The summed E-state index contributed by atoms with van der Waals surface area (Å²) in [7, 11) is 0. The summed E-state index contributed by atoms with van der Waals surface area (Å²) in [5, 5.41) is -0.555. The predicted molar refractivity (Wildman–Crippen MR) is 73.7 cm³/mol. The van der Waals surface area contributed by atoms with Gasteiger partial charge in [0.2, 0.25) is 5.18 Å². The molecule has 2 unspecified atom stereocenters. The maximum absolute atomic E-state index is 6.61. The van der Waals surface area contributed by atoms with Crippen LogP contribution in [-0.4, -0.2) is 33.7 Å². The summed E-state index contributed by atoms with van der Waals surface area (Å²) >= 11 is 9.02. The standard InChI is InChI=1S/C11H21ClINO/c1-4-6-14-7-5-10(13)11(14,12)15-8-9(2)3/h9-10H,4-8H2,1-3H3. The number of nitrogens with zero attached hydrogens (tertiary/aromatic N) is 1. The van der Waals surface area contributed by atoms with E-state index in [1.54, 1.807) is 0 Å². The topological polar surface area (TPSA) is 12.5 Å². The molecule has 1 rings (SSSR count). The fourth-order valence-corrected chi connectivity index (χ4v) is 2.99. The average molecular weight is 346 g/mol. The first kappa shape index (κ1) is 14.0. The third-order valence-corrected chi connectivity index (χ3v) is 5.03. The van der Waals surface area contributed by atoms with E-state index in [4.69, 9.17) is 16.3 Å². The number of ether oxygens (including phenoxy) is 1. The van der Waals surface area contributed by atoms with Gasteiger partial charge in [-0.05, 0) is 18.8 Å². The highest BCUT2D eigenvalue weighted by molar-refractivity contribution is 14.1. The second-order valence-corrected chi connectivity index (χ2v) is 6.60. The van der Waals surface area contributed by atoms with Gasteiger partial charge in [-0.2, -0.15) is 0 Å². The molecule has 0 saturated carbocycles. The molecule has 0 radical (unpaired) electrons. The maximum Gasteiger partial charge on any atom is 0.210 e. The molecule has 1 saturated heterocycles. The summed E-state index contributed by atoms with van der Waals surface area (Å²) in [4.78, 5) is 2.27. The first-order valence-electron chi connectivity index (χ1n) is 5.72. The van der Waals surface area contributed by atoms with Crippen molar-refractivity contribution in [3.8, 4) is 0 Å². The van der Waals surface area contributed by atoms with Gasteiger partial charge in [-0.3, -0.25) is 4.90 Å². The minimum atomic E-state index is -0.555. The van der Waals surface area contributed by atoms with Crippen LogP contribution in [0.25, 0.3) is 0 Å². The lowest BCUT2D eigenvalue weighted by Gasteiger charge is -2.35. The van der Waals surface area contributed by atoms with E-state index in [-0.39, 0.29) is 0 Å². The molecule has 0 N–H and O–H groups in total. The van der Waals surface area contributed by atoms with Crippen LogP contribution in [0.3, 0.4) is 0 Å². The van der Waals surface area contributed by atoms with Crippen molar-refractivity contribution in [1.82, 2.24) is 4.90 Å². The SMILES string of the molecule is CCCN1CCC(I)C1(Cl)OCC(C)C. The zero-order valence-corrected chi connectivity index (χ0v) is 12.7. The minimum absolute atomic E-state index is 0.391. The number of rotatable bonds is 5. The minimum Gasteiger partial charge on any atom is -0.346 e. The van der Waals surface area contributed by atoms with Crippen molar-refractivity contribution < 1.29 is 4.74 Å². The molecule has 0 bridgehead atoms. The van der Waals surface area contributed by atoms with E-state index in [2.05, 4.69) is 48.3 Å². The molecule has 0 amide bonds. The Morgan fingerprint density at radius 3 is 2.80 bits per heavy atom. The van der Waals surface area contributed by atoms with Crippen LogP contribution >= 0.6 is 34.2 Å². The van der Waals surface area contributed by atoms with Gasteiger partial charge < -0.3 is 4.74 Å². The van der Waals surface area contributed by atoms with Crippen molar-refractivity contribution in [2.45, 2.75) is 42.7 Å². The van der Waals surface area contributed by atoms with Gasteiger partial charge in [-0.1, -0.05) is 55.0 Å². The highest BCUT2D eigenvalue weighted by Crippen LogP contribution is 2.40. The second-order valence-electron chi connectivity index (χ2n) is 4.56. The van der Waals surface area contributed by atoms with Gasteiger partial charge in [0.15, 0.2) is 0 Å². The van der Waals surface area contributed by atoms with Crippen molar-refractivity contribution >= 4 is 34.2 Å². The third kappa shape index (κ3) is 3.45. The van der Waals surface area contributed by atoms with E-state index in [1.165, 1.54) is 0 Å². The molecular formula is C11H21ClINO. The number of hydrogen-bond acceptors (Lipinski definition) is 2. The second kappa shape index (κ2) is 6.03. The molecule has 0 aliphatic carbocycles. The lowest BCUT2D eigenvalue weighted by Crippen LogP contribution is -2.46. The Hall–Kier alpha value is 0.940. The molecule has 1 aliphatic heterocycles. The average Bonchev–Trinajstić information content (AvgIpc) is 2.44. The zero-order valence-electron chi connectivity index (χ0n) is 9.80. The Balaban J connectivity index is 2.58. The summed E-state index contributed by atoms with van der Waals surface area (Å²) in [6.07, 6.45) is 2.25. The van der Waals surface area contributed by atoms with E-state index in [9.17, 15) is 0 Å². The summed E-state index contributed by atoms with van der Waals surface area (Å²) in [6.45, 7) is 9.32. The molecule has 1 aliphatic rings. The molecule has 4 heteroatoms. The first-order chi connectivity index (χ1) is 7.00. The molecule has 2 atom stereocenters. The normalized spacial score (nSPS) is 32.8. The van der Waals surface area contributed by atoms with Crippen LogP contribution < -0.4 is 0 Å². The maximum atomic E-state index is 6.61. The highest BCUT2D eigenvalue weighted by Gasteiger charge is 2.47.